The molecular weight excluding hydrogens is 216 g/mol. The molecule has 94 valence electrons. The fraction of sp³-hybridized carbons (Fsp3) is 0.500. The molecule has 0 amide bonds. The van der Waals surface area contributed by atoms with E-state index in [2.05, 4.69) is 13.8 Å². The maximum Gasteiger partial charge on any atom is 0.338 e. The molecule has 0 aliphatic rings. The molecule has 3 nitrogen and oxygen atoms in total. The van der Waals surface area contributed by atoms with Gasteiger partial charge in [-0.05, 0) is 37.1 Å². The third kappa shape index (κ3) is 4.47. The van der Waals surface area contributed by atoms with Crippen LogP contribution in [0.2, 0.25) is 0 Å². The van der Waals surface area contributed by atoms with Crippen molar-refractivity contribution in [3.05, 3.63) is 29.8 Å². The van der Waals surface area contributed by atoms with Crippen LogP contribution >= 0.6 is 0 Å². The van der Waals surface area contributed by atoms with Crippen molar-refractivity contribution in [1.29, 1.82) is 0 Å². The summed E-state index contributed by atoms with van der Waals surface area (Å²) in [6.45, 7) is 7.17. The molecule has 1 atom stereocenters. The van der Waals surface area contributed by atoms with Crippen LogP contribution in [-0.4, -0.2) is 19.2 Å². The minimum Gasteiger partial charge on any atom is -0.493 e. The lowest BCUT2D eigenvalue weighted by Crippen LogP contribution is -2.08. The number of hydrogen-bond acceptors (Lipinski definition) is 3. The van der Waals surface area contributed by atoms with Crippen LogP contribution < -0.4 is 4.74 Å². The molecule has 0 spiro atoms. The first kappa shape index (κ1) is 13.6. The van der Waals surface area contributed by atoms with Gasteiger partial charge in [0.25, 0.3) is 0 Å². The number of ether oxygens (including phenoxy) is 2. The summed E-state index contributed by atoms with van der Waals surface area (Å²) in [6.07, 6.45) is 1.10. The highest BCUT2D eigenvalue weighted by molar-refractivity contribution is 5.89. The Balaban J connectivity index is 2.53. The van der Waals surface area contributed by atoms with Gasteiger partial charge in [-0.2, -0.15) is 0 Å². The number of carbonyl (C=O) groups excluding carboxylic acids is 1. The van der Waals surface area contributed by atoms with Gasteiger partial charge in [-0.3, -0.25) is 0 Å². The highest BCUT2D eigenvalue weighted by Gasteiger charge is 2.06. The number of benzene rings is 1. The second-order valence-corrected chi connectivity index (χ2v) is 4.07. The maximum absolute atomic E-state index is 11.4. The Labute approximate surface area is 103 Å². The van der Waals surface area contributed by atoms with Crippen molar-refractivity contribution in [2.75, 3.05) is 13.2 Å². The lowest BCUT2D eigenvalue weighted by Gasteiger charge is -2.11. The molecule has 0 aromatic heterocycles. The normalized spacial score (nSPS) is 11.9. The number of rotatable bonds is 6. The smallest absolute Gasteiger partial charge is 0.338 e. The van der Waals surface area contributed by atoms with Gasteiger partial charge in [-0.25, -0.2) is 4.79 Å². The summed E-state index contributed by atoms with van der Waals surface area (Å²) in [5.74, 6) is 1.04. The minimum absolute atomic E-state index is 0.291. The average molecular weight is 236 g/mol. The summed E-state index contributed by atoms with van der Waals surface area (Å²) in [7, 11) is 0. The molecule has 0 N–H and O–H groups in total. The Morgan fingerprint density at radius 3 is 2.41 bits per heavy atom. The van der Waals surface area contributed by atoms with Crippen LogP contribution in [0.25, 0.3) is 0 Å². The number of carbonyl (C=O) groups is 1. The van der Waals surface area contributed by atoms with E-state index in [0.29, 0.717) is 24.7 Å². The molecular formula is C14H20O3. The monoisotopic (exact) mass is 236 g/mol. The van der Waals surface area contributed by atoms with E-state index >= 15 is 0 Å². The molecule has 0 heterocycles. The summed E-state index contributed by atoms with van der Waals surface area (Å²) >= 11 is 0. The molecule has 0 aliphatic heterocycles. The quantitative estimate of drug-likeness (QED) is 0.711. The molecule has 0 bridgehead atoms. The van der Waals surface area contributed by atoms with Crippen LogP contribution in [0.15, 0.2) is 24.3 Å². The lowest BCUT2D eigenvalue weighted by molar-refractivity contribution is 0.0526. The maximum atomic E-state index is 11.4. The van der Waals surface area contributed by atoms with Gasteiger partial charge in [-0.15, -0.1) is 0 Å². The fourth-order valence-electron chi connectivity index (χ4n) is 1.26. The Hall–Kier alpha value is -1.51. The van der Waals surface area contributed by atoms with Crippen molar-refractivity contribution < 1.29 is 14.3 Å². The Morgan fingerprint density at radius 1 is 1.24 bits per heavy atom. The first-order chi connectivity index (χ1) is 8.17. The second kappa shape index (κ2) is 6.94. The predicted octanol–water partition coefficient (Wildman–Crippen LogP) is 3.29. The molecule has 1 rings (SSSR count). The van der Waals surface area contributed by atoms with Gasteiger partial charge in [0.1, 0.15) is 5.75 Å². The van der Waals surface area contributed by atoms with Crippen molar-refractivity contribution in [3.8, 4) is 5.75 Å². The first-order valence-corrected chi connectivity index (χ1v) is 6.07. The topological polar surface area (TPSA) is 35.5 Å². The van der Waals surface area contributed by atoms with Crippen molar-refractivity contribution in [1.82, 2.24) is 0 Å². The number of hydrogen-bond donors (Lipinski definition) is 0. The molecule has 1 aromatic rings. The standard InChI is InChI=1S/C14H20O3/c1-4-11(3)10-17-13-8-6-12(7-9-13)14(15)16-5-2/h6-9,11H,4-5,10H2,1-3H3/t11-/m0/s1. The summed E-state index contributed by atoms with van der Waals surface area (Å²) < 4.78 is 10.5. The van der Waals surface area contributed by atoms with Crippen LogP contribution in [0.4, 0.5) is 0 Å². The first-order valence-electron chi connectivity index (χ1n) is 6.07. The zero-order valence-electron chi connectivity index (χ0n) is 10.7. The number of esters is 1. The third-order valence-electron chi connectivity index (χ3n) is 2.60. The van der Waals surface area contributed by atoms with E-state index in [-0.39, 0.29) is 5.97 Å². The van der Waals surface area contributed by atoms with E-state index in [1.165, 1.54) is 0 Å². The van der Waals surface area contributed by atoms with Crippen molar-refractivity contribution in [3.63, 3.8) is 0 Å². The van der Waals surface area contributed by atoms with Crippen molar-refractivity contribution in [2.24, 2.45) is 5.92 Å². The van der Waals surface area contributed by atoms with Gasteiger partial charge < -0.3 is 9.47 Å². The molecule has 0 fully saturated rings. The van der Waals surface area contributed by atoms with Crippen LogP contribution in [0.1, 0.15) is 37.6 Å². The SMILES string of the molecule is CCOC(=O)c1ccc(OC[C@@H](C)CC)cc1. The van der Waals surface area contributed by atoms with Crippen LogP contribution in [0.5, 0.6) is 5.75 Å². The molecule has 0 unspecified atom stereocenters. The lowest BCUT2D eigenvalue weighted by atomic mass is 10.1. The fourth-order valence-corrected chi connectivity index (χ4v) is 1.26. The van der Waals surface area contributed by atoms with Gasteiger partial charge in [0, 0.05) is 0 Å². The van der Waals surface area contributed by atoms with E-state index in [1.807, 2.05) is 0 Å². The summed E-state index contributed by atoms with van der Waals surface area (Å²) in [5, 5.41) is 0. The van der Waals surface area contributed by atoms with Crippen LogP contribution in [0, 0.1) is 5.92 Å². The Kier molecular flexibility index (Phi) is 5.53. The van der Waals surface area contributed by atoms with E-state index < -0.39 is 0 Å². The zero-order chi connectivity index (χ0) is 12.7. The van der Waals surface area contributed by atoms with Gasteiger partial charge in [-0.1, -0.05) is 20.3 Å². The highest BCUT2D eigenvalue weighted by atomic mass is 16.5. The predicted molar refractivity (Wildman–Crippen MR) is 67.3 cm³/mol. The van der Waals surface area contributed by atoms with E-state index in [0.717, 1.165) is 12.2 Å². The van der Waals surface area contributed by atoms with Gasteiger partial charge >= 0.3 is 5.97 Å². The van der Waals surface area contributed by atoms with Crippen molar-refractivity contribution in [2.45, 2.75) is 27.2 Å². The summed E-state index contributed by atoms with van der Waals surface area (Å²) in [5.41, 5.74) is 0.558. The van der Waals surface area contributed by atoms with E-state index in [9.17, 15) is 4.79 Å². The Bertz CT molecular complexity index is 343. The zero-order valence-corrected chi connectivity index (χ0v) is 10.7. The average Bonchev–Trinajstić information content (AvgIpc) is 2.36. The third-order valence-corrected chi connectivity index (χ3v) is 2.60. The van der Waals surface area contributed by atoms with Gasteiger partial charge in [0.05, 0.1) is 18.8 Å². The van der Waals surface area contributed by atoms with Crippen LogP contribution in [-0.2, 0) is 4.74 Å². The van der Waals surface area contributed by atoms with Gasteiger partial charge in [0.2, 0.25) is 0 Å². The van der Waals surface area contributed by atoms with Gasteiger partial charge in [0.15, 0.2) is 0 Å². The molecule has 0 aliphatic carbocycles. The van der Waals surface area contributed by atoms with E-state index in [4.69, 9.17) is 9.47 Å². The minimum atomic E-state index is -0.291. The molecule has 17 heavy (non-hydrogen) atoms. The second-order valence-electron chi connectivity index (χ2n) is 4.07. The van der Waals surface area contributed by atoms with E-state index in [1.54, 1.807) is 31.2 Å². The summed E-state index contributed by atoms with van der Waals surface area (Å²) in [4.78, 5) is 11.4. The largest absolute Gasteiger partial charge is 0.493 e. The molecule has 0 saturated heterocycles. The summed E-state index contributed by atoms with van der Waals surface area (Å²) in [6, 6.07) is 7.05. The molecule has 0 saturated carbocycles. The molecule has 3 heteroatoms. The molecule has 1 aromatic carbocycles. The van der Waals surface area contributed by atoms with Crippen LogP contribution in [0.3, 0.4) is 0 Å². The van der Waals surface area contributed by atoms with Crippen molar-refractivity contribution >= 4 is 5.97 Å². The Morgan fingerprint density at radius 2 is 1.88 bits per heavy atom. The highest BCUT2D eigenvalue weighted by Crippen LogP contribution is 2.14. The molecule has 0 radical (unpaired) electrons.